The van der Waals surface area contributed by atoms with Gasteiger partial charge in [-0.3, -0.25) is 4.79 Å². The number of nitrogens with one attached hydrogen (secondary N) is 1. The second-order valence-electron chi connectivity index (χ2n) is 3.48. The molecule has 2 N–H and O–H groups in total. The Bertz CT molecular complexity index is 221. The quantitative estimate of drug-likeness (QED) is 0.642. The smallest absolute Gasteiger partial charge is 0.326 e. The molecule has 0 aromatic heterocycles. The third-order valence-electron chi connectivity index (χ3n) is 1.70. The first-order valence-corrected chi connectivity index (χ1v) is 6.02. The lowest BCUT2D eigenvalue weighted by atomic mass is 10.2. The average Bonchev–Trinajstić information content (AvgIpc) is 2.10. The van der Waals surface area contributed by atoms with E-state index in [1.807, 2.05) is 6.26 Å². The van der Waals surface area contributed by atoms with E-state index in [4.69, 9.17) is 5.11 Å². The number of carboxylic acids is 1. The van der Waals surface area contributed by atoms with E-state index in [0.29, 0.717) is 6.42 Å². The summed E-state index contributed by atoms with van der Waals surface area (Å²) in [6.07, 6.45) is 2.36. The van der Waals surface area contributed by atoms with Gasteiger partial charge >= 0.3 is 5.97 Å². The van der Waals surface area contributed by atoms with Gasteiger partial charge in [0.25, 0.3) is 0 Å². The molecule has 0 saturated carbocycles. The normalized spacial score (nSPS) is 12.5. The summed E-state index contributed by atoms with van der Waals surface area (Å²) >= 11 is 1.56. The third-order valence-corrected chi connectivity index (χ3v) is 2.35. The summed E-state index contributed by atoms with van der Waals surface area (Å²) in [6, 6.07) is -0.773. The zero-order valence-corrected chi connectivity index (χ0v) is 10.1. The van der Waals surface area contributed by atoms with Crippen LogP contribution in [0.3, 0.4) is 0 Å². The second kappa shape index (κ2) is 7.53. The largest absolute Gasteiger partial charge is 0.480 e. The number of likely N-dealkylation sites (N-methyl/N-ethyl adjacent to an activating group) is 1. The Hall–Kier alpha value is -0.750. The topological polar surface area (TPSA) is 69.6 Å². The van der Waals surface area contributed by atoms with Gasteiger partial charge in [0.05, 0.1) is 6.54 Å². The van der Waals surface area contributed by atoms with Crippen molar-refractivity contribution in [3.05, 3.63) is 0 Å². The summed E-state index contributed by atoms with van der Waals surface area (Å²) in [4.78, 5) is 23.8. The highest BCUT2D eigenvalue weighted by molar-refractivity contribution is 7.98. The molecule has 6 heteroatoms. The van der Waals surface area contributed by atoms with E-state index >= 15 is 0 Å². The van der Waals surface area contributed by atoms with Crippen LogP contribution in [-0.4, -0.2) is 60.6 Å². The molecular weight excluding hydrogens is 216 g/mol. The van der Waals surface area contributed by atoms with E-state index in [1.54, 1.807) is 30.8 Å². The fourth-order valence-corrected chi connectivity index (χ4v) is 1.49. The van der Waals surface area contributed by atoms with Crippen molar-refractivity contribution in [1.82, 2.24) is 10.2 Å². The Labute approximate surface area is 94.2 Å². The summed E-state index contributed by atoms with van der Waals surface area (Å²) < 4.78 is 0. The predicted octanol–water partition coefficient (Wildman–Crippen LogP) is -0.129. The van der Waals surface area contributed by atoms with Crippen molar-refractivity contribution in [1.29, 1.82) is 0 Å². The molecule has 0 spiro atoms. The molecule has 0 bridgehead atoms. The number of hydrogen-bond donors (Lipinski definition) is 2. The number of aliphatic carboxylic acids is 1. The van der Waals surface area contributed by atoms with Gasteiger partial charge in [0.1, 0.15) is 6.04 Å². The Balaban J connectivity index is 4.04. The Morgan fingerprint density at radius 3 is 2.47 bits per heavy atom. The van der Waals surface area contributed by atoms with E-state index in [9.17, 15) is 9.59 Å². The number of rotatable bonds is 7. The molecule has 0 fully saturated rings. The number of hydrogen-bond acceptors (Lipinski definition) is 4. The van der Waals surface area contributed by atoms with E-state index in [2.05, 4.69) is 5.32 Å². The van der Waals surface area contributed by atoms with Gasteiger partial charge in [-0.25, -0.2) is 4.79 Å². The fourth-order valence-electron chi connectivity index (χ4n) is 1.02. The lowest BCUT2D eigenvalue weighted by molar-refractivity contribution is -0.141. The molecular formula is C9H18N2O3S. The van der Waals surface area contributed by atoms with Crippen molar-refractivity contribution in [2.75, 3.05) is 32.6 Å². The van der Waals surface area contributed by atoms with Gasteiger partial charge in [-0.05, 0) is 32.5 Å². The van der Waals surface area contributed by atoms with Gasteiger partial charge < -0.3 is 15.3 Å². The molecule has 0 radical (unpaired) electrons. The molecule has 0 aliphatic rings. The van der Waals surface area contributed by atoms with Crippen LogP contribution >= 0.6 is 11.8 Å². The molecule has 0 saturated heterocycles. The van der Waals surface area contributed by atoms with Crippen molar-refractivity contribution in [3.8, 4) is 0 Å². The predicted molar refractivity (Wildman–Crippen MR) is 61.1 cm³/mol. The molecule has 0 aliphatic heterocycles. The Kier molecular flexibility index (Phi) is 7.15. The zero-order chi connectivity index (χ0) is 11.8. The minimum atomic E-state index is -0.976. The second-order valence-corrected chi connectivity index (χ2v) is 4.46. The van der Waals surface area contributed by atoms with E-state index in [-0.39, 0.29) is 12.5 Å². The highest BCUT2D eigenvalue weighted by atomic mass is 32.2. The first kappa shape index (κ1) is 14.2. The summed E-state index contributed by atoms with van der Waals surface area (Å²) in [6.45, 7) is 0.211. The monoisotopic (exact) mass is 234 g/mol. The molecule has 1 amide bonds. The SMILES string of the molecule is CSCC[C@@H](NC(=O)CN(C)C)C(=O)O. The minimum Gasteiger partial charge on any atom is -0.480 e. The zero-order valence-electron chi connectivity index (χ0n) is 9.32. The lowest BCUT2D eigenvalue weighted by Crippen LogP contribution is -2.44. The van der Waals surface area contributed by atoms with Gasteiger partial charge in [0.2, 0.25) is 5.91 Å². The van der Waals surface area contributed by atoms with Crippen LogP contribution in [0.25, 0.3) is 0 Å². The molecule has 0 aliphatic carbocycles. The number of nitrogens with zero attached hydrogens (tertiary/aromatic N) is 1. The number of carbonyl (C=O) groups is 2. The molecule has 0 aromatic rings. The van der Waals surface area contributed by atoms with Crippen molar-refractivity contribution in [2.45, 2.75) is 12.5 Å². The van der Waals surface area contributed by atoms with Crippen LogP contribution in [0.15, 0.2) is 0 Å². The van der Waals surface area contributed by atoms with Crippen molar-refractivity contribution >= 4 is 23.6 Å². The van der Waals surface area contributed by atoms with Gasteiger partial charge in [-0.15, -0.1) is 0 Å². The van der Waals surface area contributed by atoms with Crippen LogP contribution in [0.5, 0.6) is 0 Å². The maximum atomic E-state index is 11.3. The van der Waals surface area contributed by atoms with Crippen LogP contribution in [0.2, 0.25) is 0 Å². The highest BCUT2D eigenvalue weighted by Crippen LogP contribution is 2.00. The Morgan fingerprint density at radius 2 is 2.07 bits per heavy atom. The average molecular weight is 234 g/mol. The molecule has 88 valence electrons. The summed E-state index contributed by atoms with van der Waals surface area (Å²) in [7, 11) is 3.52. The third kappa shape index (κ3) is 7.21. The fraction of sp³-hybridized carbons (Fsp3) is 0.778. The van der Waals surface area contributed by atoms with Crippen LogP contribution in [0.1, 0.15) is 6.42 Å². The van der Waals surface area contributed by atoms with Crippen LogP contribution in [-0.2, 0) is 9.59 Å². The van der Waals surface area contributed by atoms with Crippen LogP contribution < -0.4 is 5.32 Å². The van der Waals surface area contributed by atoms with E-state index in [1.165, 1.54) is 0 Å². The summed E-state index contributed by atoms with van der Waals surface area (Å²) in [5.41, 5.74) is 0. The van der Waals surface area contributed by atoms with Crippen molar-refractivity contribution < 1.29 is 14.7 Å². The molecule has 1 atom stereocenters. The summed E-state index contributed by atoms with van der Waals surface area (Å²) in [5.74, 6) is -0.510. The highest BCUT2D eigenvalue weighted by Gasteiger charge is 2.19. The first-order valence-electron chi connectivity index (χ1n) is 4.63. The number of carboxylic acid groups (broad SMARTS) is 1. The van der Waals surface area contributed by atoms with Gasteiger partial charge in [0, 0.05) is 0 Å². The van der Waals surface area contributed by atoms with E-state index < -0.39 is 12.0 Å². The van der Waals surface area contributed by atoms with E-state index in [0.717, 1.165) is 5.75 Å². The van der Waals surface area contributed by atoms with Crippen LogP contribution in [0.4, 0.5) is 0 Å². The van der Waals surface area contributed by atoms with Crippen molar-refractivity contribution in [3.63, 3.8) is 0 Å². The van der Waals surface area contributed by atoms with Crippen LogP contribution in [0, 0.1) is 0 Å². The van der Waals surface area contributed by atoms with Gasteiger partial charge in [0.15, 0.2) is 0 Å². The van der Waals surface area contributed by atoms with Gasteiger partial charge in [-0.1, -0.05) is 0 Å². The molecule has 0 unspecified atom stereocenters. The number of amides is 1. The molecule has 15 heavy (non-hydrogen) atoms. The standard InChI is InChI=1S/C9H18N2O3S/c1-11(2)6-8(12)10-7(9(13)14)4-5-15-3/h7H,4-6H2,1-3H3,(H,10,12)(H,13,14)/t7-/m1/s1. The number of carbonyl (C=O) groups excluding carboxylic acids is 1. The molecule has 0 aromatic carbocycles. The number of thioether (sulfide) groups is 1. The maximum absolute atomic E-state index is 11.3. The van der Waals surface area contributed by atoms with Gasteiger partial charge in [-0.2, -0.15) is 11.8 Å². The maximum Gasteiger partial charge on any atom is 0.326 e. The molecule has 0 heterocycles. The first-order chi connectivity index (χ1) is 6.97. The molecule has 0 rings (SSSR count). The lowest BCUT2D eigenvalue weighted by Gasteiger charge is -2.15. The molecule has 5 nitrogen and oxygen atoms in total. The Morgan fingerprint density at radius 1 is 1.47 bits per heavy atom. The minimum absolute atomic E-state index is 0.211. The summed E-state index contributed by atoms with van der Waals surface area (Å²) in [5, 5.41) is 11.3. The van der Waals surface area contributed by atoms with Crippen molar-refractivity contribution in [2.24, 2.45) is 0 Å².